The molecule has 2 heterocycles. The summed E-state index contributed by atoms with van der Waals surface area (Å²) in [6.45, 7) is 5.22. The summed E-state index contributed by atoms with van der Waals surface area (Å²) in [4.78, 5) is 31.1. The Morgan fingerprint density at radius 2 is 2.00 bits per heavy atom. The third kappa shape index (κ3) is 4.32. The van der Waals surface area contributed by atoms with Crippen LogP contribution in [0.5, 0.6) is 0 Å². The fraction of sp³-hybridized carbons (Fsp3) is 0.471. The van der Waals surface area contributed by atoms with E-state index in [0.717, 1.165) is 13.0 Å². The van der Waals surface area contributed by atoms with Gasteiger partial charge in [-0.3, -0.25) is 14.0 Å². The zero-order valence-electron chi connectivity index (χ0n) is 14.7. The van der Waals surface area contributed by atoms with Gasteiger partial charge in [0.25, 0.3) is 11.8 Å². The number of carbonyl (C=O) groups excluding carboxylic acids is 2. The summed E-state index contributed by atoms with van der Waals surface area (Å²) in [6, 6.07) is 5.41. The Labute approximate surface area is 142 Å². The number of amides is 2. The zero-order valence-corrected chi connectivity index (χ0v) is 14.7. The SMILES string of the molecule is CC(C)NC(=O)c1nc(C(=O)NCCCN(C)C)n2ccccc12. The van der Waals surface area contributed by atoms with E-state index in [1.54, 1.807) is 16.7 Å². The van der Waals surface area contributed by atoms with Crippen molar-refractivity contribution in [3.63, 3.8) is 0 Å². The Hall–Kier alpha value is -2.41. The lowest BCUT2D eigenvalue weighted by Crippen LogP contribution is -2.31. The summed E-state index contributed by atoms with van der Waals surface area (Å²) in [6.07, 6.45) is 2.59. The van der Waals surface area contributed by atoms with Crippen LogP contribution in [-0.2, 0) is 0 Å². The highest BCUT2D eigenvalue weighted by atomic mass is 16.2. The molecule has 0 aliphatic heterocycles. The number of nitrogens with one attached hydrogen (secondary N) is 2. The van der Waals surface area contributed by atoms with Crippen molar-refractivity contribution in [1.29, 1.82) is 0 Å². The minimum atomic E-state index is -0.279. The number of carbonyl (C=O) groups is 2. The van der Waals surface area contributed by atoms with E-state index < -0.39 is 0 Å². The van der Waals surface area contributed by atoms with E-state index in [4.69, 9.17) is 0 Å². The van der Waals surface area contributed by atoms with E-state index in [1.807, 2.05) is 40.1 Å². The average Bonchev–Trinajstić information content (AvgIpc) is 2.90. The maximum absolute atomic E-state index is 12.4. The van der Waals surface area contributed by atoms with E-state index in [9.17, 15) is 9.59 Å². The number of aromatic nitrogens is 2. The summed E-state index contributed by atoms with van der Waals surface area (Å²) < 4.78 is 1.65. The quantitative estimate of drug-likeness (QED) is 0.746. The minimum Gasteiger partial charge on any atom is -0.349 e. The summed E-state index contributed by atoms with van der Waals surface area (Å²) in [5.41, 5.74) is 0.886. The molecule has 0 radical (unpaired) electrons. The molecule has 2 amide bonds. The molecule has 2 N–H and O–H groups in total. The largest absolute Gasteiger partial charge is 0.349 e. The molecule has 2 rings (SSSR count). The van der Waals surface area contributed by atoms with Crippen molar-refractivity contribution < 1.29 is 9.59 Å². The molecule has 0 aliphatic rings. The molecule has 0 aliphatic carbocycles. The molecule has 0 spiro atoms. The second kappa shape index (κ2) is 7.92. The first-order valence-corrected chi connectivity index (χ1v) is 8.11. The number of hydrogen-bond donors (Lipinski definition) is 2. The smallest absolute Gasteiger partial charge is 0.287 e. The van der Waals surface area contributed by atoms with Crippen LogP contribution < -0.4 is 10.6 Å². The van der Waals surface area contributed by atoms with Crippen LogP contribution >= 0.6 is 0 Å². The van der Waals surface area contributed by atoms with Gasteiger partial charge in [-0.1, -0.05) is 6.07 Å². The van der Waals surface area contributed by atoms with E-state index in [-0.39, 0.29) is 29.4 Å². The van der Waals surface area contributed by atoms with Crippen molar-refractivity contribution in [3.8, 4) is 0 Å². The van der Waals surface area contributed by atoms with Crippen LogP contribution in [0.1, 0.15) is 41.4 Å². The van der Waals surface area contributed by atoms with Crippen LogP contribution in [0.15, 0.2) is 24.4 Å². The molecule has 7 heteroatoms. The summed E-state index contributed by atoms with van der Waals surface area (Å²) in [5, 5.41) is 5.68. The van der Waals surface area contributed by atoms with Gasteiger partial charge < -0.3 is 15.5 Å². The molecule has 0 fully saturated rings. The van der Waals surface area contributed by atoms with E-state index in [0.29, 0.717) is 12.1 Å². The van der Waals surface area contributed by atoms with Crippen LogP contribution in [0.3, 0.4) is 0 Å². The van der Waals surface area contributed by atoms with Gasteiger partial charge in [0.1, 0.15) is 0 Å². The first-order valence-electron chi connectivity index (χ1n) is 8.11. The molecular weight excluding hydrogens is 306 g/mol. The van der Waals surface area contributed by atoms with Crippen molar-refractivity contribution in [2.24, 2.45) is 0 Å². The maximum atomic E-state index is 12.4. The average molecular weight is 331 g/mol. The van der Waals surface area contributed by atoms with Crippen molar-refractivity contribution in [3.05, 3.63) is 35.9 Å². The van der Waals surface area contributed by atoms with Gasteiger partial charge in [-0.15, -0.1) is 0 Å². The fourth-order valence-electron chi connectivity index (χ4n) is 2.37. The number of imidazole rings is 1. The van der Waals surface area contributed by atoms with Gasteiger partial charge in [0.05, 0.1) is 5.52 Å². The molecule has 24 heavy (non-hydrogen) atoms. The van der Waals surface area contributed by atoms with Crippen LogP contribution in [-0.4, -0.2) is 59.3 Å². The molecular formula is C17H25N5O2. The number of pyridine rings is 1. The van der Waals surface area contributed by atoms with Gasteiger partial charge in [0.15, 0.2) is 5.69 Å². The van der Waals surface area contributed by atoms with Crippen molar-refractivity contribution in [2.45, 2.75) is 26.3 Å². The molecule has 130 valence electrons. The molecule has 0 saturated carbocycles. The fourth-order valence-corrected chi connectivity index (χ4v) is 2.37. The Balaban J connectivity index is 2.21. The van der Waals surface area contributed by atoms with Gasteiger partial charge in [0.2, 0.25) is 5.82 Å². The Morgan fingerprint density at radius 3 is 2.67 bits per heavy atom. The summed E-state index contributed by atoms with van der Waals surface area (Å²) >= 11 is 0. The normalized spacial score (nSPS) is 11.2. The zero-order chi connectivity index (χ0) is 17.7. The van der Waals surface area contributed by atoms with Crippen molar-refractivity contribution in [2.75, 3.05) is 27.2 Å². The molecule has 0 bridgehead atoms. The highest BCUT2D eigenvalue weighted by Gasteiger charge is 2.21. The van der Waals surface area contributed by atoms with Gasteiger partial charge in [-0.2, -0.15) is 0 Å². The van der Waals surface area contributed by atoms with Crippen LogP contribution in [0.4, 0.5) is 0 Å². The third-order valence-corrected chi connectivity index (χ3v) is 3.45. The number of rotatable bonds is 7. The maximum Gasteiger partial charge on any atom is 0.287 e. The second-order valence-electron chi connectivity index (χ2n) is 6.28. The second-order valence-corrected chi connectivity index (χ2v) is 6.28. The van der Waals surface area contributed by atoms with Gasteiger partial charge in [-0.05, 0) is 53.0 Å². The van der Waals surface area contributed by atoms with Crippen molar-refractivity contribution in [1.82, 2.24) is 24.9 Å². The summed E-state index contributed by atoms with van der Waals surface area (Å²) in [5.74, 6) is -0.330. The molecule has 0 saturated heterocycles. The van der Waals surface area contributed by atoms with Crippen molar-refractivity contribution >= 4 is 17.3 Å². The topological polar surface area (TPSA) is 78.7 Å². The lowest BCUT2D eigenvalue weighted by atomic mass is 10.3. The lowest BCUT2D eigenvalue weighted by Gasteiger charge is -2.09. The highest BCUT2D eigenvalue weighted by molar-refractivity contribution is 6.02. The molecule has 0 aromatic carbocycles. The predicted molar refractivity (Wildman–Crippen MR) is 93.3 cm³/mol. The van der Waals surface area contributed by atoms with Gasteiger partial charge >= 0.3 is 0 Å². The summed E-state index contributed by atoms with van der Waals surface area (Å²) in [7, 11) is 3.98. The van der Waals surface area contributed by atoms with Crippen LogP contribution in [0, 0.1) is 0 Å². The molecule has 2 aromatic heterocycles. The highest BCUT2D eigenvalue weighted by Crippen LogP contribution is 2.13. The number of fused-ring (bicyclic) bond motifs is 1. The molecule has 7 nitrogen and oxygen atoms in total. The third-order valence-electron chi connectivity index (χ3n) is 3.45. The first kappa shape index (κ1) is 17.9. The number of nitrogens with zero attached hydrogens (tertiary/aromatic N) is 3. The lowest BCUT2D eigenvalue weighted by molar-refractivity contribution is 0.0939. The molecule has 0 atom stereocenters. The molecule has 0 unspecified atom stereocenters. The first-order chi connectivity index (χ1) is 11.4. The van der Waals surface area contributed by atoms with Gasteiger partial charge in [-0.25, -0.2) is 4.98 Å². The van der Waals surface area contributed by atoms with E-state index in [1.165, 1.54) is 0 Å². The standard InChI is InChI=1S/C17H25N5O2/c1-12(2)19-16(23)14-13-8-5-6-11-22(13)15(20-14)17(24)18-9-7-10-21(3)4/h5-6,8,11-12H,7,9-10H2,1-4H3,(H,18,24)(H,19,23). The Morgan fingerprint density at radius 1 is 1.25 bits per heavy atom. The van der Waals surface area contributed by atoms with Gasteiger partial charge in [0, 0.05) is 18.8 Å². The van der Waals surface area contributed by atoms with E-state index in [2.05, 4.69) is 20.5 Å². The van der Waals surface area contributed by atoms with E-state index >= 15 is 0 Å². The van der Waals surface area contributed by atoms with Crippen LogP contribution in [0.2, 0.25) is 0 Å². The molecule has 2 aromatic rings. The van der Waals surface area contributed by atoms with Crippen LogP contribution in [0.25, 0.3) is 5.52 Å². The number of hydrogen-bond acceptors (Lipinski definition) is 4. The monoisotopic (exact) mass is 331 g/mol. The Kier molecular flexibility index (Phi) is 5.92. The minimum absolute atomic E-state index is 0.00118. The predicted octanol–water partition coefficient (Wildman–Crippen LogP) is 1.15. The Bertz CT molecular complexity index is 721.